The largest absolute Gasteiger partial charge is 1.00 e. The Labute approximate surface area is 196 Å². The number of carboxylic acids is 1. The predicted octanol–water partition coefficient (Wildman–Crippen LogP) is 0.0921. The molecular weight excluding hydrogens is 345 g/mol. The molecule has 0 amide bonds. The minimum absolute atomic E-state index is 0. The fraction of sp³-hybridized carbons (Fsp3) is 0.895. The van der Waals surface area contributed by atoms with Gasteiger partial charge in [-0.3, -0.25) is 4.79 Å². The van der Waals surface area contributed by atoms with Crippen LogP contribution in [-0.2, 0) is 14.3 Å². The topological polar surface area (TPSA) is 92.5 Å². The van der Waals surface area contributed by atoms with Gasteiger partial charge in [-0.1, -0.05) is 77.6 Å². The average Bonchev–Trinajstić information content (AvgIpc) is 2.56. The van der Waals surface area contributed by atoms with Gasteiger partial charge in [0.1, 0.15) is 6.04 Å². The Hall–Kier alpha value is 0.536. The molecule has 5 nitrogen and oxygen atoms in total. The monoisotopic (exact) mass is 381 g/mol. The van der Waals surface area contributed by atoms with Crippen molar-refractivity contribution in [3.05, 3.63) is 0 Å². The quantitative estimate of drug-likeness (QED) is 0.219. The van der Waals surface area contributed by atoms with Gasteiger partial charge in [0.2, 0.25) is 0 Å². The van der Waals surface area contributed by atoms with E-state index >= 15 is 0 Å². The van der Waals surface area contributed by atoms with Gasteiger partial charge in [0.05, 0.1) is 6.61 Å². The molecule has 0 aromatic heterocycles. The number of rotatable bonds is 17. The molecule has 0 aromatic rings. The Morgan fingerprint density at radius 3 is 1.76 bits per heavy atom. The summed E-state index contributed by atoms with van der Waals surface area (Å²) in [6.07, 6.45) is 14.9. The number of ether oxygens (including phenoxy) is 1. The molecular formula is C19H36KNO4. The second kappa shape index (κ2) is 20.8. The van der Waals surface area contributed by atoms with Crippen LogP contribution < -0.4 is 62.2 Å². The van der Waals surface area contributed by atoms with Crippen LogP contribution in [0.5, 0.6) is 0 Å². The number of carboxylic acid groups (broad SMARTS) is 1. The Morgan fingerprint density at radius 1 is 0.880 bits per heavy atom. The summed E-state index contributed by atoms with van der Waals surface area (Å²) in [6, 6.07) is -0.861. The molecule has 0 saturated heterocycles. The van der Waals surface area contributed by atoms with Crippen LogP contribution >= 0.6 is 0 Å². The molecule has 0 heterocycles. The number of carbonyl (C=O) groups is 2. The van der Waals surface area contributed by atoms with Crippen LogP contribution in [0.4, 0.5) is 0 Å². The molecule has 142 valence electrons. The van der Waals surface area contributed by atoms with Crippen molar-refractivity contribution < 1.29 is 70.8 Å². The molecule has 0 saturated carbocycles. The molecule has 0 spiro atoms. The van der Waals surface area contributed by atoms with Gasteiger partial charge in [-0.05, 0) is 19.3 Å². The average molecular weight is 382 g/mol. The molecule has 0 aliphatic heterocycles. The Balaban J connectivity index is 0. The normalized spacial score (nSPS) is 11.6. The zero-order valence-corrected chi connectivity index (χ0v) is 19.5. The number of carbonyl (C=O) groups excluding carboxylic acids is 2. The molecule has 6 heteroatoms. The van der Waals surface area contributed by atoms with Gasteiger partial charge in [-0.2, -0.15) is 0 Å². The van der Waals surface area contributed by atoms with Crippen LogP contribution in [0.1, 0.15) is 96.8 Å². The summed E-state index contributed by atoms with van der Waals surface area (Å²) in [6.45, 7) is 2.61. The maximum absolute atomic E-state index is 11.5. The maximum atomic E-state index is 11.5. The zero-order valence-electron chi connectivity index (χ0n) is 16.4. The molecule has 0 rings (SSSR count). The Bertz CT molecular complexity index is 327. The van der Waals surface area contributed by atoms with Crippen LogP contribution in [0.3, 0.4) is 0 Å². The SMILES string of the molecule is CCCCCCCCCCCCCCOC(=O)C(N)CCC(=O)[O-].[K+]. The van der Waals surface area contributed by atoms with Crippen molar-refractivity contribution in [2.24, 2.45) is 5.73 Å². The molecule has 1 atom stereocenters. The molecule has 0 aliphatic carbocycles. The summed E-state index contributed by atoms with van der Waals surface area (Å²) in [5.74, 6) is -1.71. The fourth-order valence-electron chi connectivity index (χ4n) is 2.61. The van der Waals surface area contributed by atoms with Crippen LogP contribution in [0.25, 0.3) is 0 Å². The smallest absolute Gasteiger partial charge is 0.550 e. The minimum Gasteiger partial charge on any atom is -0.550 e. The summed E-state index contributed by atoms with van der Waals surface area (Å²) < 4.78 is 5.05. The van der Waals surface area contributed by atoms with E-state index in [0.29, 0.717) is 6.61 Å². The molecule has 0 radical (unpaired) electrons. The van der Waals surface area contributed by atoms with E-state index in [-0.39, 0.29) is 64.2 Å². The summed E-state index contributed by atoms with van der Waals surface area (Å²) in [5, 5.41) is 10.3. The van der Waals surface area contributed by atoms with Crippen molar-refractivity contribution in [3.63, 3.8) is 0 Å². The molecule has 0 aromatic carbocycles. The van der Waals surface area contributed by atoms with Crippen molar-refractivity contribution in [1.82, 2.24) is 0 Å². The first-order valence-corrected chi connectivity index (χ1v) is 9.70. The first-order valence-electron chi connectivity index (χ1n) is 9.70. The van der Waals surface area contributed by atoms with Gasteiger partial charge in [-0.25, -0.2) is 0 Å². The first kappa shape index (κ1) is 27.8. The zero-order chi connectivity index (χ0) is 18.0. The molecule has 0 aliphatic rings. The van der Waals surface area contributed by atoms with Gasteiger partial charge in [0, 0.05) is 5.97 Å². The third-order valence-electron chi connectivity index (χ3n) is 4.20. The number of unbranched alkanes of at least 4 members (excludes halogenated alkanes) is 11. The Morgan fingerprint density at radius 2 is 1.32 bits per heavy atom. The summed E-state index contributed by atoms with van der Waals surface area (Å²) in [7, 11) is 0. The van der Waals surface area contributed by atoms with Crippen molar-refractivity contribution in [1.29, 1.82) is 0 Å². The molecule has 0 fully saturated rings. The predicted molar refractivity (Wildman–Crippen MR) is 94.3 cm³/mol. The summed E-state index contributed by atoms with van der Waals surface area (Å²) >= 11 is 0. The van der Waals surface area contributed by atoms with Crippen LogP contribution in [0.15, 0.2) is 0 Å². The van der Waals surface area contributed by atoms with Crippen molar-refractivity contribution >= 4 is 11.9 Å². The van der Waals surface area contributed by atoms with Crippen LogP contribution in [0.2, 0.25) is 0 Å². The number of hydrogen-bond donors (Lipinski definition) is 1. The molecule has 2 N–H and O–H groups in total. The van der Waals surface area contributed by atoms with E-state index in [0.717, 1.165) is 12.8 Å². The molecule has 0 bridgehead atoms. The third kappa shape index (κ3) is 20.7. The Kier molecular flexibility index (Phi) is 23.1. The van der Waals surface area contributed by atoms with Crippen LogP contribution in [-0.4, -0.2) is 24.6 Å². The van der Waals surface area contributed by atoms with Crippen molar-refractivity contribution in [3.8, 4) is 0 Å². The van der Waals surface area contributed by atoms with Crippen molar-refractivity contribution in [2.45, 2.75) is 103 Å². The number of nitrogens with two attached hydrogens (primary N) is 1. The van der Waals surface area contributed by atoms with Gasteiger partial charge in [-0.15, -0.1) is 0 Å². The number of aliphatic carboxylic acids is 1. The minimum atomic E-state index is -1.20. The number of hydrogen-bond acceptors (Lipinski definition) is 5. The summed E-state index contributed by atoms with van der Waals surface area (Å²) in [5.41, 5.74) is 5.55. The maximum Gasteiger partial charge on any atom is 1.00 e. The summed E-state index contributed by atoms with van der Waals surface area (Å²) in [4.78, 5) is 21.8. The van der Waals surface area contributed by atoms with E-state index in [1.54, 1.807) is 0 Å². The van der Waals surface area contributed by atoms with E-state index in [1.165, 1.54) is 64.2 Å². The van der Waals surface area contributed by atoms with Crippen molar-refractivity contribution in [2.75, 3.05) is 6.61 Å². The first-order chi connectivity index (χ1) is 11.6. The van der Waals surface area contributed by atoms with Gasteiger partial charge >= 0.3 is 57.4 Å². The van der Waals surface area contributed by atoms with E-state index < -0.39 is 18.0 Å². The fourth-order valence-corrected chi connectivity index (χ4v) is 2.61. The van der Waals surface area contributed by atoms with Crippen LogP contribution in [0, 0.1) is 0 Å². The van der Waals surface area contributed by atoms with Gasteiger partial charge < -0.3 is 20.4 Å². The molecule has 25 heavy (non-hydrogen) atoms. The second-order valence-corrected chi connectivity index (χ2v) is 6.57. The van der Waals surface area contributed by atoms with E-state index in [1.807, 2.05) is 0 Å². The van der Waals surface area contributed by atoms with Gasteiger partial charge in [0.25, 0.3) is 0 Å². The van der Waals surface area contributed by atoms with E-state index in [2.05, 4.69) is 6.92 Å². The number of esters is 1. The molecule has 1 unspecified atom stereocenters. The van der Waals surface area contributed by atoms with E-state index in [4.69, 9.17) is 10.5 Å². The van der Waals surface area contributed by atoms with Gasteiger partial charge in [0.15, 0.2) is 0 Å². The third-order valence-corrected chi connectivity index (χ3v) is 4.20. The standard InChI is InChI=1S/C19H37NO4.K/c1-2-3-4-5-6-7-8-9-10-11-12-13-16-24-19(23)17(20)14-15-18(21)22;/h17H,2-16,20H2,1H3,(H,21,22);/q;+1/p-1. The second-order valence-electron chi connectivity index (χ2n) is 6.57. The van der Waals surface area contributed by atoms with E-state index in [9.17, 15) is 14.7 Å².